The quantitative estimate of drug-likeness (QED) is 0.309. The first-order valence-corrected chi connectivity index (χ1v) is 10.4. The van der Waals surface area contributed by atoms with Gasteiger partial charge in [0.25, 0.3) is 5.91 Å². The maximum absolute atomic E-state index is 13.3. The van der Waals surface area contributed by atoms with E-state index < -0.39 is 17.6 Å². The van der Waals surface area contributed by atoms with Crippen molar-refractivity contribution in [2.45, 2.75) is 0 Å². The van der Waals surface area contributed by atoms with Gasteiger partial charge < -0.3 is 10.6 Å². The van der Waals surface area contributed by atoms with Crippen molar-refractivity contribution < 1.29 is 14.0 Å². The topological polar surface area (TPSA) is 70.2 Å². The Morgan fingerprint density at radius 2 is 1.62 bits per heavy atom. The van der Waals surface area contributed by atoms with E-state index in [-0.39, 0.29) is 10.1 Å². The molecule has 3 N–H and O–H groups in total. The molecule has 0 atom stereocenters. The van der Waals surface area contributed by atoms with Crippen LogP contribution >= 0.6 is 35.4 Å². The van der Waals surface area contributed by atoms with E-state index in [0.717, 1.165) is 6.07 Å². The summed E-state index contributed by atoms with van der Waals surface area (Å²) in [6.45, 7) is 0. The molecule has 0 aliphatic rings. The molecule has 0 saturated heterocycles. The van der Waals surface area contributed by atoms with Crippen LogP contribution in [-0.4, -0.2) is 16.9 Å². The minimum absolute atomic E-state index is 0.0571. The van der Waals surface area contributed by atoms with E-state index in [2.05, 4.69) is 16.0 Å². The van der Waals surface area contributed by atoms with Crippen molar-refractivity contribution >= 4 is 69.8 Å². The molecule has 5 nitrogen and oxygen atoms in total. The van der Waals surface area contributed by atoms with Crippen molar-refractivity contribution in [1.82, 2.24) is 5.32 Å². The highest BCUT2D eigenvalue weighted by Gasteiger charge is 2.10. The Bertz CT molecular complexity index is 1220. The first kappa shape index (κ1) is 23.4. The minimum atomic E-state index is -0.576. The Morgan fingerprint density at radius 1 is 0.875 bits per heavy atom. The van der Waals surface area contributed by atoms with Gasteiger partial charge in [0.05, 0.1) is 5.02 Å². The van der Waals surface area contributed by atoms with Crippen LogP contribution in [0.4, 0.5) is 15.8 Å². The molecule has 0 fully saturated rings. The third kappa shape index (κ3) is 6.62. The average Bonchev–Trinajstić information content (AvgIpc) is 2.76. The fraction of sp³-hybridized carbons (Fsp3) is 0. The number of anilines is 2. The number of amides is 2. The summed E-state index contributed by atoms with van der Waals surface area (Å²) >= 11 is 16.9. The lowest BCUT2D eigenvalue weighted by Crippen LogP contribution is -2.32. The molecule has 0 bridgehead atoms. The highest BCUT2D eigenvalue weighted by atomic mass is 35.5. The number of thiocarbonyl (C=S) groups is 1. The maximum atomic E-state index is 13.3. The number of benzene rings is 3. The zero-order valence-electron chi connectivity index (χ0n) is 16.4. The number of rotatable bonds is 5. The molecular weight excluding hydrogens is 472 g/mol. The fourth-order valence-electron chi connectivity index (χ4n) is 2.61. The van der Waals surface area contributed by atoms with E-state index >= 15 is 0 Å². The van der Waals surface area contributed by atoms with Gasteiger partial charge in [-0.2, -0.15) is 0 Å². The third-order valence-corrected chi connectivity index (χ3v) is 4.95. The second-order valence-electron chi connectivity index (χ2n) is 6.46. The molecule has 9 heteroatoms. The van der Waals surface area contributed by atoms with Gasteiger partial charge in [0.1, 0.15) is 5.82 Å². The summed E-state index contributed by atoms with van der Waals surface area (Å²) in [4.78, 5) is 24.6. The smallest absolute Gasteiger partial charge is 0.255 e. The lowest BCUT2D eigenvalue weighted by Gasteiger charge is -2.10. The standard InChI is InChI=1S/C23H16Cl2FN3O2S/c24-18-7-2-1-4-14(18)8-11-21(30)29-23(32)28-16-6-3-5-15(12-16)22(31)27-17-9-10-20(26)19(25)13-17/h1-13H,(H,27,31)(H2,28,29,30,32)/b11-8+. The van der Waals surface area contributed by atoms with E-state index in [1.165, 1.54) is 18.2 Å². The van der Waals surface area contributed by atoms with Crippen molar-refractivity contribution in [1.29, 1.82) is 0 Å². The summed E-state index contributed by atoms with van der Waals surface area (Å²) in [6, 6.07) is 17.5. The van der Waals surface area contributed by atoms with E-state index in [1.807, 2.05) is 6.07 Å². The molecule has 3 aromatic carbocycles. The molecule has 0 aromatic heterocycles. The van der Waals surface area contributed by atoms with Crippen molar-refractivity contribution in [3.8, 4) is 0 Å². The second kappa shape index (κ2) is 10.9. The van der Waals surface area contributed by atoms with E-state index in [9.17, 15) is 14.0 Å². The van der Waals surface area contributed by atoms with E-state index in [4.69, 9.17) is 35.4 Å². The van der Waals surface area contributed by atoms with Crippen molar-refractivity contribution in [2.24, 2.45) is 0 Å². The van der Waals surface area contributed by atoms with Gasteiger partial charge in [-0.25, -0.2) is 4.39 Å². The first-order valence-electron chi connectivity index (χ1n) is 9.23. The molecule has 3 rings (SSSR count). The van der Waals surface area contributed by atoms with E-state index in [1.54, 1.807) is 48.5 Å². The van der Waals surface area contributed by atoms with Gasteiger partial charge in [0, 0.05) is 28.0 Å². The van der Waals surface area contributed by atoms with Crippen LogP contribution in [0.5, 0.6) is 0 Å². The summed E-state index contributed by atoms with van der Waals surface area (Å²) in [6.07, 6.45) is 2.89. The molecule has 32 heavy (non-hydrogen) atoms. The fourth-order valence-corrected chi connectivity index (χ4v) is 3.20. The van der Waals surface area contributed by atoms with Crippen LogP contribution < -0.4 is 16.0 Å². The predicted molar refractivity (Wildman–Crippen MR) is 131 cm³/mol. The third-order valence-electron chi connectivity index (χ3n) is 4.12. The summed E-state index contributed by atoms with van der Waals surface area (Å²) in [5.41, 5.74) is 1.87. The summed E-state index contributed by atoms with van der Waals surface area (Å²) in [5, 5.41) is 8.49. The SMILES string of the molecule is O=C(/C=C/c1ccccc1Cl)NC(=S)Nc1cccc(C(=O)Nc2ccc(F)c(Cl)c2)c1. The lowest BCUT2D eigenvalue weighted by atomic mass is 10.2. The number of carbonyl (C=O) groups excluding carboxylic acids is 2. The average molecular weight is 488 g/mol. The largest absolute Gasteiger partial charge is 0.332 e. The van der Waals surface area contributed by atoms with Gasteiger partial charge in [-0.1, -0.05) is 47.5 Å². The molecule has 0 aliphatic heterocycles. The van der Waals surface area contributed by atoms with Crippen molar-refractivity contribution in [3.63, 3.8) is 0 Å². The summed E-state index contributed by atoms with van der Waals surface area (Å²) in [5.74, 6) is -1.44. The molecular formula is C23H16Cl2FN3O2S. The van der Waals surface area contributed by atoms with Gasteiger partial charge in [-0.15, -0.1) is 0 Å². The Hall–Kier alpha value is -3.26. The molecule has 0 heterocycles. The normalized spacial score (nSPS) is 10.6. The number of hydrogen-bond donors (Lipinski definition) is 3. The molecule has 162 valence electrons. The molecule has 3 aromatic rings. The maximum Gasteiger partial charge on any atom is 0.255 e. The molecule has 2 amide bonds. The molecule has 0 spiro atoms. The van der Waals surface area contributed by atoms with Crippen LogP contribution in [0.2, 0.25) is 10.0 Å². The highest BCUT2D eigenvalue weighted by molar-refractivity contribution is 7.80. The zero-order chi connectivity index (χ0) is 23.1. The molecule has 0 unspecified atom stereocenters. The number of hydrogen-bond acceptors (Lipinski definition) is 3. The highest BCUT2D eigenvalue weighted by Crippen LogP contribution is 2.20. The number of carbonyl (C=O) groups is 2. The van der Waals surface area contributed by atoms with Gasteiger partial charge in [-0.05, 0) is 66.3 Å². The van der Waals surface area contributed by atoms with Crippen LogP contribution in [0.15, 0.2) is 72.8 Å². The Morgan fingerprint density at radius 3 is 2.38 bits per heavy atom. The second-order valence-corrected chi connectivity index (χ2v) is 7.68. The van der Waals surface area contributed by atoms with Crippen LogP contribution in [0, 0.1) is 5.82 Å². The molecule has 0 radical (unpaired) electrons. The number of halogens is 3. The lowest BCUT2D eigenvalue weighted by molar-refractivity contribution is -0.115. The van der Waals surface area contributed by atoms with Crippen molar-refractivity contribution in [3.05, 3.63) is 99.8 Å². The van der Waals surface area contributed by atoms with Crippen molar-refractivity contribution in [2.75, 3.05) is 10.6 Å². The van der Waals surface area contributed by atoms with Gasteiger partial charge in [0.15, 0.2) is 5.11 Å². The Labute approximate surface area is 199 Å². The molecule has 0 saturated carbocycles. The Kier molecular flexibility index (Phi) is 7.94. The summed E-state index contributed by atoms with van der Waals surface area (Å²) in [7, 11) is 0. The molecule has 0 aliphatic carbocycles. The van der Waals surface area contributed by atoms with Gasteiger partial charge in [-0.3, -0.25) is 14.9 Å². The monoisotopic (exact) mass is 487 g/mol. The van der Waals surface area contributed by atoms with Crippen LogP contribution in [0.1, 0.15) is 15.9 Å². The van der Waals surface area contributed by atoms with Gasteiger partial charge in [0.2, 0.25) is 5.91 Å². The zero-order valence-corrected chi connectivity index (χ0v) is 18.7. The van der Waals surface area contributed by atoms with Gasteiger partial charge >= 0.3 is 0 Å². The van der Waals surface area contributed by atoms with Crippen LogP contribution in [-0.2, 0) is 4.79 Å². The van der Waals surface area contributed by atoms with Crippen LogP contribution in [0.3, 0.4) is 0 Å². The predicted octanol–water partition coefficient (Wildman–Crippen LogP) is 5.91. The first-order chi connectivity index (χ1) is 15.3. The Balaban J connectivity index is 1.59. The minimum Gasteiger partial charge on any atom is -0.332 e. The summed E-state index contributed by atoms with van der Waals surface area (Å²) < 4.78 is 13.3. The van der Waals surface area contributed by atoms with E-state index in [0.29, 0.717) is 27.5 Å². The van der Waals surface area contributed by atoms with Crippen LogP contribution in [0.25, 0.3) is 6.08 Å². The number of nitrogens with one attached hydrogen (secondary N) is 3.